The highest BCUT2D eigenvalue weighted by molar-refractivity contribution is 5.81. The zero-order valence-electron chi connectivity index (χ0n) is 32.4. The van der Waals surface area contributed by atoms with Crippen molar-refractivity contribution in [3.8, 4) is 11.5 Å². The smallest absolute Gasteiger partial charge is 0.325 e. The Balaban J connectivity index is 2.12. The minimum atomic E-state index is -0.264. The molecular formula is C42H65NO4. The van der Waals surface area contributed by atoms with E-state index in [0.717, 1.165) is 24.3 Å². The van der Waals surface area contributed by atoms with Gasteiger partial charge in [-0.2, -0.15) is 0 Å². The molecule has 1 aliphatic carbocycles. The molecule has 0 aromatic heterocycles. The summed E-state index contributed by atoms with van der Waals surface area (Å²) in [7, 11) is 3.60. The molecule has 0 amide bonds. The molecule has 0 N–H and O–H groups in total. The molecule has 0 radical (unpaired) electrons. The summed E-state index contributed by atoms with van der Waals surface area (Å²) in [6, 6.07) is 9.22. The summed E-state index contributed by atoms with van der Waals surface area (Å²) in [5, 5.41) is 0. The van der Waals surface area contributed by atoms with Crippen LogP contribution in [0.4, 0.5) is 0 Å². The first-order valence-electron chi connectivity index (χ1n) is 18.1. The molecule has 5 nitrogen and oxygen atoms in total. The lowest BCUT2D eigenvalue weighted by Crippen LogP contribution is -2.26. The molecule has 2 fully saturated rings. The molecule has 262 valence electrons. The Bertz CT molecular complexity index is 1270. The van der Waals surface area contributed by atoms with Crippen LogP contribution in [0.2, 0.25) is 0 Å². The normalized spacial score (nSPS) is 21.1. The number of benzene rings is 2. The first-order chi connectivity index (χ1) is 21.7. The molecule has 1 heterocycles. The van der Waals surface area contributed by atoms with E-state index in [1.165, 1.54) is 52.6 Å². The fraction of sp³-hybridized carbons (Fsp3) is 0.690. The molecule has 47 heavy (non-hydrogen) atoms. The van der Waals surface area contributed by atoms with Crippen molar-refractivity contribution >= 4 is 5.97 Å². The van der Waals surface area contributed by atoms with E-state index in [2.05, 4.69) is 112 Å². The molecule has 2 aromatic rings. The number of nitrogens with zero attached hydrogens (tertiary/aromatic N) is 1. The monoisotopic (exact) mass is 647 g/mol. The highest BCUT2D eigenvalue weighted by Gasteiger charge is 2.60. The largest absolute Gasteiger partial charge is 0.496 e. The quantitative estimate of drug-likeness (QED) is 0.211. The van der Waals surface area contributed by atoms with E-state index in [0.29, 0.717) is 12.5 Å². The van der Waals surface area contributed by atoms with Crippen molar-refractivity contribution in [2.45, 2.75) is 162 Å². The Morgan fingerprint density at radius 1 is 0.681 bits per heavy atom. The fourth-order valence-corrected chi connectivity index (χ4v) is 7.89. The van der Waals surface area contributed by atoms with Gasteiger partial charge in [0, 0.05) is 28.3 Å². The summed E-state index contributed by atoms with van der Waals surface area (Å²) in [5.74, 6) is 2.31. The maximum Gasteiger partial charge on any atom is 0.325 e. The van der Waals surface area contributed by atoms with Crippen LogP contribution in [0.25, 0.3) is 0 Å². The van der Waals surface area contributed by atoms with Gasteiger partial charge in [0.15, 0.2) is 0 Å². The second-order valence-corrected chi connectivity index (χ2v) is 18.2. The Morgan fingerprint density at radius 3 is 1.34 bits per heavy atom. The van der Waals surface area contributed by atoms with Gasteiger partial charge in [-0.05, 0) is 82.7 Å². The van der Waals surface area contributed by atoms with E-state index in [9.17, 15) is 4.79 Å². The summed E-state index contributed by atoms with van der Waals surface area (Å²) in [5.41, 5.74) is 6.57. The number of hydrogen-bond donors (Lipinski definition) is 0. The predicted octanol–water partition coefficient (Wildman–Crippen LogP) is 10.2. The van der Waals surface area contributed by atoms with E-state index in [-0.39, 0.29) is 45.8 Å². The van der Waals surface area contributed by atoms with Crippen LogP contribution in [-0.2, 0) is 31.2 Å². The molecule has 2 aliphatic rings. The number of methoxy groups -OCH3 is 2. The average molecular weight is 648 g/mol. The van der Waals surface area contributed by atoms with E-state index < -0.39 is 0 Å². The first kappa shape index (κ1) is 37.3. The maximum atomic E-state index is 13.8. The average Bonchev–Trinajstić information content (AvgIpc) is 3.70. The molecule has 4 rings (SSSR count). The van der Waals surface area contributed by atoms with Crippen LogP contribution in [0.5, 0.6) is 11.5 Å². The Kier molecular flexibility index (Phi) is 10.6. The fourth-order valence-electron chi connectivity index (χ4n) is 7.89. The lowest BCUT2D eigenvalue weighted by atomic mass is 9.75. The van der Waals surface area contributed by atoms with Gasteiger partial charge in [0.1, 0.15) is 17.5 Å². The van der Waals surface area contributed by atoms with Gasteiger partial charge in [-0.25, -0.2) is 0 Å². The number of ether oxygens (including phenoxy) is 3. The van der Waals surface area contributed by atoms with E-state index in [1.54, 1.807) is 14.2 Å². The van der Waals surface area contributed by atoms with Gasteiger partial charge in [0.2, 0.25) is 0 Å². The third kappa shape index (κ3) is 7.71. The molecule has 3 atom stereocenters. The number of rotatable bonds is 8. The molecule has 1 aliphatic heterocycles. The van der Waals surface area contributed by atoms with E-state index in [1.807, 2.05) is 6.92 Å². The highest BCUT2D eigenvalue weighted by atomic mass is 16.5. The van der Waals surface area contributed by atoms with Crippen LogP contribution in [0, 0.1) is 5.92 Å². The lowest BCUT2D eigenvalue weighted by Gasteiger charge is -2.34. The maximum absolute atomic E-state index is 13.8. The van der Waals surface area contributed by atoms with Gasteiger partial charge in [-0.3, -0.25) is 9.69 Å². The molecule has 5 heteroatoms. The second-order valence-electron chi connectivity index (χ2n) is 18.2. The zero-order valence-corrected chi connectivity index (χ0v) is 32.4. The van der Waals surface area contributed by atoms with Crippen molar-refractivity contribution in [1.82, 2.24) is 4.90 Å². The van der Waals surface area contributed by atoms with Crippen molar-refractivity contribution < 1.29 is 19.0 Å². The van der Waals surface area contributed by atoms with E-state index >= 15 is 0 Å². The highest BCUT2D eigenvalue weighted by Crippen LogP contribution is 2.53. The predicted molar refractivity (Wildman–Crippen MR) is 195 cm³/mol. The van der Waals surface area contributed by atoms with Gasteiger partial charge in [-0.15, -0.1) is 0 Å². The summed E-state index contributed by atoms with van der Waals surface area (Å²) in [6.45, 7) is 29.5. The summed E-state index contributed by atoms with van der Waals surface area (Å²) < 4.78 is 18.2. The topological polar surface area (TPSA) is 47.8 Å². The Hall–Kier alpha value is -2.53. The third-order valence-corrected chi connectivity index (χ3v) is 10.4. The molecule has 0 spiro atoms. The third-order valence-electron chi connectivity index (χ3n) is 10.4. The molecule has 1 saturated heterocycles. The minimum Gasteiger partial charge on any atom is -0.496 e. The SMILES string of the molecule is CCOC(=O)[C@H]1[C@@H](C2CCCCC2)N1C(c1cc(C(C)(C)C)c(OC)c(C(C)(C)C)c1)c1cc(C(C)(C)C)c(OC)c(C(C)(C)C)c1. The number of carbonyl (C=O) groups excluding carboxylic acids is 1. The van der Waals surface area contributed by atoms with Gasteiger partial charge >= 0.3 is 5.97 Å². The van der Waals surface area contributed by atoms with Crippen LogP contribution in [0.15, 0.2) is 24.3 Å². The van der Waals surface area contributed by atoms with Crippen molar-refractivity contribution in [1.29, 1.82) is 0 Å². The number of esters is 1. The number of hydrogen-bond acceptors (Lipinski definition) is 5. The van der Waals surface area contributed by atoms with E-state index in [4.69, 9.17) is 14.2 Å². The Labute approximate surface area is 287 Å². The van der Waals surface area contributed by atoms with Crippen molar-refractivity contribution in [3.63, 3.8) is 0 Å². The standard InChI is InChI=1S/C42H65NO4/c1-16-47-38(44)35-34(26-20-18-17-19-21-26)43(35)33(27-22-29(39(2,3)4)36(45-14)30(23-27)40(5,6)7)28-24-31(41(8,9)10)37(46-15)32(25-28)42(11,12)13/h22-26,33-35H,16-21H2,1-15H3/t34-,35-,43?/m1/s1. The van der Waals surface area contributed by atoms with Crippen LogP contribution in [-0.4, -0.2) is 43.8 Å². The first-order valence-corrected chi connectivity index (χ1v) is 18.1. The van der Waals surface area contributed by atoms with Crippen LogP contribution in [0.3, 0.4) is 0 Å². The molecule has 2 aromatic carbocycles. The molecule has 1 unspecified atom stereocenters. The zero-order chi connectivity index (χ0) is 35.3. The van der Waals surface area contributed by atoms with Gasteiger partial charge in [-0.1, -0.05) is 102 Å². The van der Waals surface area contributed by atoms with Gasteiger partial charge in [0.25, 0.3) is 0 Å². The number of carbonyl (C=O) groups is 1. The van der Waals surface area contributed by atoms with Crippen molar-refractivity contribution in [2.24, 2.45) is 5.92 Å². The van der Waals surface area contributed by atoms with Gasteiger partial charge in [0.05, 0.1) is 26.9 Å². The van der Waals surface area contributed by atoms with Crippen molar-refractivity contribution in [2.75, 3.05) is 20.8 Å². The van der Waals surface area contributed by atoms with Crippen LogP contribution < -0.4 is 9.47 Å². The molecule has 1 saturated carbocycles. The van der Waals surface area contributed by atoms with Crippen LogP contribution in [0.1, 0.15) is 162 Å². The van der Waals surface area contributed by atoms with Crippen molar-refractivity contribution in [3.05, 3.63) is 57.6 Å². The second kappa shape index (κ2) is 13.4. The molecule has 0 bridgehead atoms. The minimum absolute atomic E-state index is 0.0886. The van der Waals surface area contributed by atoms with Gasteiger partial charge < -0.3 is 14.2 Å². The summed E-state index contributed by atoms with van der Waals surface area (Å²) >= 11 is 0. The Morgan fingerprint density at radius 2 is 1.04 bits per heavy atom. The summed E-state index contributed by atoms with van der Waals surface area (Å²) in [6.07, 6.45) is 6.06. The summed E-state index contributed by atoms with van der Waals surface area (Å²) in [4.78, 5) is 16.3. The molecular weight excluding hydrogens is 582 g/mol. The lowest BCUT2D eigenvalue weighted by molar-refractivity contribution is -0.143. The van der Waals surface area contributed by atoms with Crippen LogP contribution >= 0.6 is 0 Å².